The van der Waals surface area contributed by atoms with Crippen LogP contribution < -0.4 is 9.47 Å². The highest BCUT2D eigenvalue weighted by molar-refractivity contribution is 7.99. The molecular weight excluding hydrogens is 272 g/mol. The van der Waals surface area contributed by atoms with Gasteiger partial charge in [0.1, 0.15) is 0 Å². The lowest BCUT2D eigenvalue weighted by molar-refractivity contribution is 0.203. The maximum Gasteiger partial charge on any atom is 0.161 e. The van der Waals surface area contributed by atoms with Gasteiger partial charge in [0.15, 0.2) is 11.5 Å². The number of hydrogen-bond donors (Lipinski definition) is 1. The number of aliphatic hydroxyl groups is 1. The third kappa shape index (κ3) is 4.06. The monoisotopic (exact) mass is 296 g/mol. The Bertz CT molecular complexity index is 416. The molecule has 1 aliphatic rings. The molecule has 3 nitrogen and oxygen atoms in total. The molecule has 1 aromatic carbocycles. The molecule has 1 saturated carbocycles. The van der Waals surface area contributed by atoms with E-state index in [1.807, 2.05) is 30.0 Å². The summed E-state index contributed by atoms with van der Waals surface area (Å²) in [6, 6.07) is 5.63. The first-order valence-corrected chi connectivity index (χ1v) is 8.31. The molecule has 1 aromatic rings. The van der Waals surface area contributed by atoms with E-state index in [2.05, 4.69) is 0 Å². The van der Waals surface area contributed by atoms with Gasteiger partial charge >= 0.3 is 0 Å². The molecule has 112 valence electrons. The van der Waals surface area contributed by atoms with Gasteiger partial charge in [0.2, 0.25) is 0 Å². The topological polar surface area (TPSA) is 38.7 Å². The molecule has 0 spiro atoms. The van der Waals surface area contributed by atoms with Gasteiger partial charge < -0.3 is 14.6 Å². The van der Waals surface area contributed by atoms with E-state index in [0.717, 1.165) is 16.6 Å². The smallest absolute Gasteiger partial charge is 0.161 e. The molecule has 0 aromatic heterocycles. The summed E-state index contributed by atoms with van der Waals surface area (Å²) in [5.41, 5.74) is 0.894. The summed E-state index contributed by atoms with van der Waals surface area (Å²) in [4.78, 5) is 0. The number of benzene rings is 1. The van der Waals surface area contributed by atoms with Crippen LogP contribution in [0.2, 0.25) is 0 Å². The lowest BCUT2D eigenvalue weighted by Crippen LogP contribution is -2.11. The van der Waals surface area contributed by atoms with E-state index < -0.39 is 6.10 Å². The van der Waals surface area contributed by atoms with Gasteiger partial charge in [-0.2, -0.15) is 11.8 Å². The van der Waals surface area contributed by atoms with Gasteiger partial charge in [-0.25, -0.2) is 0 Å². The lowest BCUT2D eigenvalue weighted by atomic mass is 10.0. The minimum absolute atomic E-state index is 0.443. The van der Waals surface area contributed by atoms with E-state index in [-0.39, 0.29) is 0 Å². The maximum atomic E-state index is 10.3. The number of methoxy groups -OCH3 is 2. The summed E-state index contributed by atoms with van der Waals surface area (Å²) in [5.74, 6) is 2.12. The molecular formula is C16H24O3S. The van der Waals surface area contributed by atoms with Crippen molar-refractivity contribution in [2.24, 2.45) is 0 Å². The van der Waals surface area contributed by atoms with Crippen LogP contribution in [0.5, 0.6) is 11.5 Å². The van der Waals surface area contributed by atoms with Crippen LogP contribution in [0.4, 0.5) is 0 Å². The summed E-state index contributed by atoms with van der Waals surface area (Å²) in [7, 11) is 3.23. The second kappa shape index (κ2) is 7.79. The summed E-state index contributed by atoms with van der Waals surface area (Å²) < 4.78 is 10.5. The first-order valence-electron chi connectivity index (χ1n) is 7.26. The van der Waals surface area contributed by atoms with Crippen LogP contribution >= 0.6 is 11.8 Å². The van der Waals surface area contributed by atoms with E-state index in [0.29, 0.717) is 11.5 Å². The minimum Gasteiger partial charge on any atom is -0.493 e. The number of rotatable bonds is 6. The van der Waals surface area contributed by atoms with Crippen LogP contribution in [0.25, 0.3) is 0 Å². The largest absolute Gasteiger partial charge is 0.493 e. The molecule has 4 heteroatoms. The Hall–Kier alpha value is -0.870. The van der Waals surface area contributed by atoms with Gasteiger partial charge in [-0.15, -0.1) is 0 Å². The molecule has 1 atom stereocenters. The Morgan fingerprint density at radius 1 is 1.15 bits per heavy atom. The molecule has 1 fully saturated rings. The third-order valence-corrected chi connectivity index (χ3v) is 5.29. The zero-order chi connectivity index (χ0) is 14.4. The van der Waals surface area contributed by atoms with Crippen molar-refractivity contribution in [2.45, 2.75) is 43.5 Å². The van der Waals surface area contributed by atoms with Crippen LogP contribution in [-0.2, 0) is 0 Å². The molecule has 0 heterocycles. The maximum absolute atomic E-state index is 10.3. The molecule has 2 rings (SSSR count). The van der Waals surface area contributed by atoms with Gasteiger partial charge in [-0.1, -0.05) is 25.3 Å². The Labute approximate surface area is 125 Å². The van der Waals surface area contributed by atoms with Crippen LogP contribution in [0, 0.1) is 0 Å². The molecule has 0 aliphatic heterocycles. The zero-order valence-electron chi connectivity index (χ0n) is 12.3. The van der Waals surface area contributed by atoms with Gasteiger partial charge in [-0.3, -0.25) is 0 Å². The normalized spacial score (nSPS) is 17.8. The molecule has 0 bridgehead atoms. The van der Waals surface area contributed by atoms with Crippen molar-refractivity contribution in [1.29, 1.82) is 0 Å². The molecule has 1 N–H and O–H groups in total. The molecule has 0 saturated heterocycles. The van der Waals surface area contributed by atoms with Crippen LogP contribution in [-0.4, -0.2) is 30.3 Å². The molecule has 0 radical (unpaired) electrons. The second-order valence-corrected chi connectivity index (χ2v) is 6.56. The number of ether oxygens (including phenoxy) is 2. The summed E-state index contributed by atoms with van der Waals surface area (Å²) in [6.45, 7) is 0. The molecule has 1 unspecified atom stereocenters. The van der Waals surface area contributed by atoms with E-state index in [4.69, 9.17) is 9.47 Å². The van der Waals surface area contributed by atoms with Gasteiger partial charge in [0, 0.05) is 11.0 Å². The van der Waals surface area contributed by atoms with E-state index in [1.165, 1.54) is 32.1 Å². The predicted molar refractivity (Wildman–Crippen MR) is 83.8 cm³/mol. The second-order valence-electron chi connectivity index (χ2n) is 5.22. The lowest BCUT2D eigenvalue weighted by Gasteiger charge is -2.22. The average molecular weight is 296 g/mol. The summed E-state index contributed by atoms with van der Waals surface area (Å²) in [6.07, 6.45) is 6.19. The predicted octanol–water partition coefficient (Wildman–Crippen LogP) is 3.80. The fourth-order valence-electron chi connectivity index (χ4n) is 2.62. The first-order chi connectivity index (χ1) is 9.74. The number of thioether (sulfide) groups is 1. The van der Waals surface area contributed by atoms with Crippen molar-refractivity contribution in [3.63, 3.8) is 0 Å². The highest BCUT2D eigenvalue weighted by Crippen LogP contribution is 2.34. The fraction of sp³-hybridized carbons (Fsp3) is 0.625. The average Bonchev–Trinajstić information content (AvgIpc) is 2.52. The van der Waals surface area contributed by atoms with Crippen molar-refractivity contribution in [3.05, 3.63) is 23.8 Å². The van der Waals surface area contributed by atoms with E-state index >= 15 is 0 Å². The van der Waals surface area contributed by atoms with Crippen LogP contribution in [0.3, 0.4) is 0 Å². The first kappa shape index (κ1) is 15.5. The molecule has 20 heavy (non-hydrogen) atoms. The fourth-order valence-corrected chi connectivity index (χ4v) is 3.93. The molecule has 0 amide bonds. The van der Waals surface area contributed by atoms with Crippen LogP contribution in [0.15, 0.2) is 18.2 Å². The SMILES string of the molecule is COc1ccc(C(O)CSC2CCCCC2)cc1OC. The summed E-state index contributed by atoms with van der Waals surface area (Å²) >= 11 is 1.90. The van der Waals surface area contributed by atoms with Crippen LogP contribution in [0.1, 0.15) is 43.8 Å². The van der Waals surface area contributed by atoms with Gasteiger partial charge in [-0.05, 0) is 30.5 Å². The zero-order valence-corrected chi connectivity index (χ0v) is 13.1. The van der Waals surface area contributed by atoms with Crippen molar-refractivity contribution in [1.82, 2.24) is 0 Å². The Balaban J connectivity index is 1.92. The highest BCUT2D eigenvalue weighted by Gasteiger charge is 2.17. The Kier molecular flexibility index (Phi) is 6.05. The number of aliphatic hydroxyl groups excluding tert-OH is 1. The standard InChI is InChI=1S/C16H24O3S/c1-18-15-9-8-12(10-16(15)19-2)14(17)11-20-13-6-4-3-5-7-13/h8-10,13-14,17H,3-7,11H2,1-2H3. The van der Waals surface area contributed by atoms with Gasteiger partial charge in [0.25, 0.3) is 0 Å². The quantitative estimate of drug-likeness (QED) is 0.866. The Morgan fingerprint density at radius 3 is 2.50 bits per heavy atom. The van der Waals surface area contributed by atoms with Crippen molar-refractivity contribution >= 4 is 11.8 Å². The minimum atomic E-state index is -0.443. The van der Waals surface area contributed by atoms with Crippen molar-refractivity contribution in [2.75, 3.05) is 20.0 Å². The van der Waals surface area contributed by atoms with E-state index in [9.17, 15) is 5.11 Å². The summed E-state index contributed by atoms with van der Waals surface area (Å²) in [5, 5.41) is 11.0. The third-order valence-electron chi connectivity index (χ3n) is 3.83. The van der Waals surface area contributed by atoms with Crippen molar-refractivity contribution in [3.8, 4) is 11.5 Å². The van der Waals surface area contributed by atoms with Crippen molar-refractivity contribution < 1.29 is 14.6 Å². The Morgan fingerprint density at radius 2 is 1.85 bits per heavy atom. The van der Waals surface area contributed by atoms with E-state index in [1.54, 1.807) is 14.2 Å². The highest BCUT2D eigenvalue weighted by atomic mass is 32.2. The van der Waals surface area contributed by atoms with Gasteiger partial charge in [0.05, 0.1) is 20.3 Å². The molecule has 1 aliphatic carbocycles. The number of hydrogen-bond acceptors (Lipinski definition) is 4.